The third-order valence-electron chi connectivity index (χ3n) is 4.02. The topological polar surface area (TPSA) is 83.5 Å². The van der Waals surface area contributed by atoms with E-state index in [0.717, 1.165) is 12.1 Å². The molecule has 0 saturated carbocycles. The van der Waals surface area contributed by atoms with Gasteiger partial charge >= 0.3 is 6.18 Å². The van der Waals surface area contributed by atoms with Gasteiger partial charge in [0.15, 0.2) is 0 Å². The lowest BCUT2D eigenvalue weighted by molar-refractivity contribution is -0.137. The highest BCUT2D eigenvalue weighted by atomic mass is 32.2. The monoisotopic (exact) mass is 421 g/mol. The highest BCUT2D eigenvalue weighted by molar-refractivity contribution is 7.91. The summed E-state index contributed by atoms with van der Waals surface area (Å²) >= 11 is 0. The minimum Gasteiger partial charge on any atom is -0.508 e. The van der Waals surface area contributed by atoms with Crippen LogP contribution in [0.4, 0.5) is 18.9 Å². The molecule has 150 valence electrons. The predicted octanol–water partition coefficient (Wildman–Crippen LogP) is 4.50. The molecule has 0 bridgehead atoms. The van der Waals surface area contributed by atoms with Gasteiger partial charge in [0.2, 0.25) is 9.84 Å². The Bertz CT molecular complexity index is 1140. The van der Waals surface area contributed by atoms with Crippen LogP contribution >= 0.6 is 0 Å². The van der Waals surface area contributed by atoms with Gasteiger partial charge in [0.1, 0.15) is 5.75 Å². The number of phenols is 1. The molecule has 29 heavy (non-hydrogen) atoms. The zero-order chi connectivity index (χ0) is 21.2. The van der Waals surface area contributed by atoms with Gasteiger partial charge in [-0.2, -0.15) is 13.2 Å². The van der Waals surface area contributed by atoms with E-state index >= 15 is 0 Å². The zero-order valence-corrected chi connectivity index (χ0v) is 15.5. The normalized spacial score (nSPS) is 11.8. The average molecular weight is 421 g/mol. The summed E-state index contributed by atoms with van der Waals surface area (Å²) in [5, 5.41) is 11.6. The third kappa shape index (κ3) is 4.57. The highest BCUT2D eigenvalue weighted by Crippen LogP contribution is 2.31. The quantitative estimate of drug-likeness (QED) is 0.650. The van der Waals surface area contributed by atoms with Crippen LogP contribution < -0.4 is 5.32 Å². The number of sulfone groups is 1. The van der Waals surface area contributed by atoms with E-state index in [-0.39, 0.29) is 26.8 Å². The summed E-state index contributed by atoms with van der Waals surface area (Å²) in [5.41, 5.74) is -0.858. The Morgan fingerprint density at radius 1 is 0.862 bits per heavy atom. The van der Waals surface area contributed by atoms with Gasteiger partial charge in [-0.1, -0.05) is 6.07 Å². The number of hydrogen-bond donors (Lipinski definition) is 2. The average Bonchev–Trinajstić information content (AvgIpc) is 2.68. The van der Waals surface area contributed by atoms with Crippen molar-refractivity contribution in [1.29, 1.82) is 0 Å². The van der Waals surface area contributed by atoms with Crippen LogP contribution in [-0.2, 0) is 16.0 Å². The lowest BCUT2D eigenvalue weighted by Gasteiger charge is -2.10. The molecule has 3 aromatic carbocycles. The molecule has 1 amide bonds. The maximum atomic E-state index is 12.8. The second-order valence-corrected chi connectivity index (χ2v) is 8.00. The summed E-state index contributed by atoms with van der Waals surface area (Å²) in [5.74, 6) is -0.761. The number of alkyl halides is 3. The Kier molecular flexibility index (Phi) is 5.34. The van der Waals surface area contributed by atoms with Crippen LogP contribution in [0.5, 0.6) is 5.75 Å². The van der Waals surface area contributed by atoms with E-state index in [1.54, 1.807) is 0 Å². The third-order valence-corrected chi connectivity index (χ3v) is 5.81. The molecule has 0 unspecified atom stereocenters. The summed E-state index contributed by atoms with van der Waals surface area (Å²) < 4.78 is 63.4. The number of carbonyl (C=O) groups excluding carboxylic acids is 1. The summed E-state index contributed by atoms with van der Waals surface area (Å²) in [6.07, 6.45) is -4.54. The molecule has 0 radical (unpaired) electrons. The lowest BCUT2D eigenvalue weighted by Crippen LogP contribution is -2.13. The maximum absolute atomic E-state index is 12.8. The molecule has 9 heteroatoms. The van der Waals surface area contributed by atoms with Crippen LogP contribution in [0.15, 0.2) is 82.6 Å². The molecule has 3 aromatic rings. The number of anilines is 1. The van der Waals surface area contributed by atoms with Crippen molar-refractivity contribution in [1.82, 2.24) is 0 Å². The smallest absolute Gasteiger partial charge is 0.416 e. The number of amides is 1. The van der Waals surface area contributed by atoms with E-state index in [9.17, 15) is 31.5 Å². The molecule has 0 aliphatic carbocycles. The number of halogens is 3. The van der Waals surface area contributed by atoms with Gasteiger partial charge < -0.3 is 10.4 Å². The summed E-state index contributed by atoms with van der Waals surface area (Å²) in [7, 11) is -3.85. The molecule has 0 aromatic heterocycles. The predicted molar refractivity (Wildman–Crippen MR) is 99.4 cm³/mol. The molecule has 0 saturated heterocycles. The van der Waals surface area contributed by atoms with E-state index in [1.165, 1.54) is 60.7 Å². The van der Waals surface area contributed by atoms with Gasteiger partial charge in [-0.3, -0.25) is 4.79 Å². The van der Waals surface area contributed by atoms with Gasteiger partial charge in [-0.25, -0.2) is 8.42 Å². The van der Waals surface area contributed by atoms with E-state index in [1.807, 2.05) is 0 Å². The Labute approximate surface area is 164 Å². The number of hydrogen-bond acceptors (Lipinski definition) is 4. The Morgan fingerprint density at radius 2 is 1.41 bits per heavy atom. The van der Waals surface area contributed by atoms with E-state index < -0.39 is 27.5 Å². The molecular weight excluding hydrogens is 407 g/mol. The van der Waals surface area contributed by atoms with Crippen molar-refractivity contribution in [2.75, 3.05) is 5.32 Å². The van der Waals surface area contributed by atoms with Crippen LogP contribution in [0.25, 0.3) is 0 Å². The zero-order valence-electron chi connectivity index (χ0n) is 14.6. The number of phenolic OH excluding ortho intramolecular Hbond substituents is 1. The van der Waals surface area contributed by atoms with Crippen molar-refractivity contribution in [3.05, 3.63) is 83.9 Å². The van der Waals surface area contributed by atoms with Crippen LogP contribution in [0, 0.1) is 0 Å². The van der Waals surface area contributed by atoms with Crippen molar-refractivity contribution in [2.24, 2.45) is 0 Å². The Morgan fingerprint density at radius 3 is 1.97 bits per heavy atom. The Hall–Kier alpha value is -3.33. The first kappa shape index (κ1) is 20.4. The first-order chi connectivity index (χ1) is 13.6. The minimum atomic E-state index is -4.54. The number of benzene rings is 3. The molecule has 0 aliphatic rings. The van der Waals surface area contributed by atoms with Crippen molar-refractivity contribution in [3.63, 3.8) is 0 Å². The van der Waals surface area contributed by atoms with E-state index in [0.29, 0.717) is 0 Å². The van der Waals surface area contributed by atoms with Crippen molar-refractivity contribution in [2.45, 2.75) is 16.0 Å². The molecular formula is C20H14F3NO4S. The molecule has 3 rings (SSSR count). The largest absolute Gasteiger partial charge is 0.508 e. The fourth-order valence-corrected chi connectivity index (χ4v) is 3.78. The number of rotatable bonds is 4. The molecule has 0 heterocycles. The van der Waals surface area contributed by atoms with Gasteiger partial charge in [0.25, 0.3) is 5.91 Å². The lowest BCUT2D eigenvalue weighted by atomic mass is 10.1. The summed E-state index contributed by atoms with van der Waals surface area (Å²) in [4.78, 5) is 12.2. The van der Waals surface area contributed by atoms with Crippen molar-refractivity contribution >= 4 is 21.4 Å². The molecule has 0 atom stereocenters. The van der Waals surface area contributed by atoms with E-state index in [4.69, 9.17) is 0 Å². The molecule has 0 spiro atoms. The maximum Gasteiger partial charge on any atom is 0.416 e. The Balaban J connectivity index is 1.80. The summed E-state index contributed by atoms with van der Waals surface area (Å²) in [6.45, 7) is 0. The molecule has 0 aliphatic heterocycles. The van der Waals surface area contributed by atoms with Crippen molar-refractivity contribution in [3.8, 4) is 5.75 Å². The first-order valence-electron chi connectivity index (χ1n) is 8.20. The van der Waals surface area contributed by atoms with Crippen LogP contribution in [0.1, 0.15) is 15.9 Å². The number of carbonyl (C=O) groups is 1. The summed E-state index contributed by atoms with van der Waals surface area (Å²) in [6, 6.07) is 14.1. The molecule has 2 N–H and O–H groups in total. The van der Waals surface area contributed by atoms with Gasteiger partial charge in [0, 0.05) is 11.3 Å². The van der Waals surface area contributed by atoms with E-state index in [2.05, 4.69) is 5.32 Å². The molecule has 0 fully saturated rings. The fraction of sp³-hybridized carbons (Fsp3) is 0.0500. The fourth-order valence-electron chi connectivity index (χ4n) is 2.52. The number of nitrogens with one attached hydrogen (secondary N) is 1. The van der Waals surface area contributed by atoms with Gasteiger partial charge in [0.05, 0.1) is 15.4 Å². The van der Waals surface area contributed by atoms with Crippen LogP contribution in [-0.4, -0.2) is 19.4 Å². The second-order valence-electron chi connectivity index (χ2n) is 6.05. The second kappa shape index (κ2) is 7.59. The highest BCUT2D eigenvalue weighted by Gasteiger charge is 2.30. The standard InChI is InChI=1S/C20H14F3NO4S/c21-20(22,23)14-2-1-3-15(12-14)24-19(26)13-4-8-17(9-5-13)29(27,28)18-10-6-16(25)7-11-18/h1-12,25H,(H,24,26). The minimum absolute atomic E-state index is 0.0310. The van der Waals surface area contributed by atoms with Crippen molar-refractivity contribution < 1.29 is 31.5 Å². The first-order valence-corrected chi connectivity index (χ1v) is 9.68. The molecule has 5 nitrogen and oxygen atoms in total. The van der Waals surface area contributed by atoms with Gasteiger partial charge in [-0.05, 0) is 66.7 Å². The number of aromatic hydroxyl groups is 1. The van der Waals surface area contributed by atoms with Gasteiger partial charge in [-0.15, -0.1) is 0 Å². The van der Waals surface area contributed by atoms with Crippen LogP contribution in [0.2, 0.25) is 0 Å². The SMILES string of the molecule is O=C(Nc1cccc(C(F)(F)F)c1)c1ccc(S(=O)(=O)c2ccc(O)cc2)cc1. The van der Waals surface area contributed by atoms with Crippen LogP contribution in [0.3, 0.4) is 0 Å².